The number of pyridine rings is 1. The lowest BCUT2D eigenvalue weighted by Crippen LogP contribution is -2.41. The molecule has 0 N–H and O–H groups in total. The first-order valence-corrected chi connectivity index (χ1v) is 9.81. The lowest BCUT2D eigenvalue weighted by Gasteiger charge is -2.36. The Labute approximate surface area is 161 Å². The van der Waals surface area contributed by atoms with Crippen LogP contribution in [0.15, 0.2) is 36.5 Å². The van der Waals surface area contributed by atoms with Crippen LogP contribution in [0.2, 0.25) is 0 Å². The van der Waals surface area contributed by atoms with Crippen LogP contribution in [0, 0.1) is 0 Å². The van der Waals surface area contributed by atoms with Crippen LogP contribution >= 0.6 is 0 Å². The second-order valence-electron chi connectivity index (χ2n) is 7.74. The molecule has 0 radical (unpaired) electrons. The zero-order chi connectivity index (χ0) is 18.8. The molecule has 4 rings (SSSR count). The lowest BCUT2D eigenvalue weighted by molar-refractivity contribution is 0.0827. The summed E-state index contributed by atoms with van der Waals surface area (Å²) in [5.74, 6) is 1.26. The van der Waals surface area contributed by atoms with Gasteiger partial charge in [0.2, 0.25) is 5.88 Å². The number of ether oxygens (including phenoxy) is 1. The van der Waals surface area contributed by atoms with Crippen LogP contribution in [0.3, 0.4) is 0 Å². The maximum absolute atomic E-state index is 11.9. The van der Waals surface area contributed by atoms with E-state index >= 15 is 0 Å². The van der Waals surface area contributed by atoms with Gasteiger partial charge in [-0.1, -0.05) is 12.5 Å². The van der Waals surface area contributed by atoms with Crippen molar-refractivity contribution >= 4 is 5.91 Å². The van der Waals surface area contributed by atoms with Crippen LogP contribution in [0.4, 0.5) is 0 Å². The van der Waals surface area contributed by atoms with E-state index in [2.05, 4.69) is 22.0 Å². The molecule has 1 amide bonds. The fourth-order valence-electron chi connectivity index (χ4n) is 3.85. The van der Waals surface area contributed by atoms with Gasteiger partial charge in [-0.25, -0.2) is 4.98 Å². The Bertz CT molecular complexity index is 813. The quantitative estimate of drug-likeness (QED) is 0.832. The second-order valence-corrected chi connectivity index (χ2v) is 7.74. The van der Waals surface area contributed by atoms with Gasteiger partial charge in [-0.15, -0.1) is 0 Å². The number of benzene rings is 1. The first-order chi connectivity index (χ1) is 13.1. The average molecular weight is 365 g/mol. The molecule has 5 nitrogen and oxygen atoms in total. The van der Waals surface area contributed by atoms with E-state index in [1.165, 1.54) is 41.8 Å². The fourth-order valence-corrected chi connectivity index (χ4v) is 3.85. The van der Waals surface area contributed by atoms with E-state index in [0.29, 0.717) is 11.4 Å². The zero-order valence-corrected chi connectivity index (χ0v) is 16.1. The molecule has 27 heavy (non-hydrogen) atoms. The highest BCUT2D eigenvalue weighted by atomic mass is 16.5. The Balaban J connectivity index is 1.43. The Morgan fingerprint density at radius 1 is 1.11 bits per heavy atom. The van der Waals surface area contributed by atoms with Gasteiger partial charge in [-0.3, -0.25) is 9.69 Å². The van der Waals surface area contributed by atoms with Gasteiger partial charge in [0, 0.05) is 45.5 Å². The standard InChI is InChI=1S/C22H27N3O2/c1-24(2)22(26)18-7-9-21(23-15-18)27-20-8-6-16-10-12-25(19-4-3-5-19)13-11-17(16)14-20/h6-9,14-15,19H,3-5,10-13H2,1-2H3. The third-order valence-electron chi connectivity index (χ3n) is 5.72. The van der Waals surface area contributed by atoms with Crippen LogP contribution < -0.4 is 4.74 Å². The number of hydrogen-bond acceptors (Lipinski definition) is 4. The SMILES string of the molecule is CN(C)C(=O)c1ccc(Oc2ccc3c(c2)CCN(C2CCC2)CC3)nc1. The summed E-state index contributed by atoms with van der Waals surface area (Å²) in [6.07, 6.45) is 7.87. The monoisotopic (exact) mass is 365 g/mol. The van der Waals surface area contributed by atoms with Gasteiger partial charge < -0.3 is 9.64 Å². The van der Waals surface area contributed by atoms with Crippen molar-refractivity contribution in [1.82, 2.24) is 14.8 Å². The highest BCUT2D eigenvalue weighted by molar-refractivity contribution is 5.93. The summed E-state index contributed by atoms with van der Waals surface area (Å²) in [5, 5.41) is 0. The number of rotatable bonds is 4. The van der Waals surface area contributed by atoms with Crippen LogP contribution in [-0.4, -0.2) is 53.9 Å². The number of carbonyl (C=O) groups is 1. The molecule has 1 saturated carbocycles. The molecule has 2 aromatic rings. The van der Waals surface area contributed by atoms with Crippen LogP contribution in [0.5, 0.6) is 11.6 Å². The summed E-state index contributed by atoms with van der Waals surface area (Å²) in [5.41, 5.74) is 3.38. The number of nitrogens with zero attached hydrogens (tertiary/aromatic N) is 3. The lowest BCUT2D eigenvalue weighted by atomic mass is 9.91. The maximum Gasteiger partial charge on any atom is 0.254 e. The summed E-state index contributed by atoms with van der Waals surface area (Å²) >= 11 is 0. The van der Waals surface area contributed by atoms with E-state index in [1.807, 2.05) is 6.07 Å². The predicted octanol–water partition coefficient (Wildman–Crippen LogP) is 3.53. The number of aromatic nitrogens is 1. The molecule has 1 fully saturated rings. The molecule has 1 aliphatic heterocycles. The third-order valence-corrected chi connectivity index (χ3v) is 5.72. The van der Waals surface area contributed by atoms with Crippen molar-refractivity contribution in [3.05, 3.63) is 53.2 Å². The van der Waals surface area contributed by atoms with Gasteiger partial charge in [0.15, 0.2) is 0 Å². The Morgan fingerprint density at radius 2 is 1.89 bits per heavy atom. The first-order valence-electron chi connectivity index (χ1n) is 9.81. The summed E-state index contributed by atoms with van der Waals surface area (Å²) in [6.45, 7) is 2.31. The maximum atomic E-state index is 11.9. The minimum atomic E-state index is -0.0601. The fraction of sp³-hybridized carbons (Fsp3) is 0.455. The summed E-state index contributed by atoms with van der Waals surface area (Å²) in [7, 11) is 3.46. The molecule has 0 atom stereocenters. The first kappa shape index (κ1) is 18.0. The Kier molecular flexibility index (Phi) is 5.12. The molecule has 2 aliphatic rings. The number of fused-ring (bicyclic) bond motifs is 1. The van der Waals surface area contributed by atoms with E-state index in [9.17, 15) is 4.79 Å². The highest BCUT2D eigenvalue weighted by Gasteiger charge is 2.26. The number of carbonyl (C=O) groups excluding carboxylic acids is 1. The molecule has 0 spiro atoms. The van der Waals surface area contributed by atoms with Crippen LogP contribution in [0.25, 0.3) is 0 Å². The van der Waals surface area contributed by atoms with Crippen molar-refractivity contribution in [2.45, 2.75) is 38.1 Å². The molecule has 5 heteroatoms. The van der Waals surface area contributed by atoms with Gasteiger partial charge in [0.1, 0.15) is 5.75 Å². The molecule has 0 unspecified atom stereocenters. The van der Waals surface area contributed by atoms with Gasteiger partial charge in [0.25, 0.3) is 5.91 Å². The zero-order valence-electron chi connectivity index (χ0n) is 16.1. The van der Waals surface area contributed by atoms with Crippen molar-refractivity contribution in [3.63, 3.8) is 0 Å². The predicted molar refractivity (Wildman–Crippen MR) is 105 cm³/mol. The molecular weight excluding hydrogens is 338 g/mol. The normalized spacial score (nSPS) is 17.6. The Morgan fingerprint density at radius 3 is 2.52 bits per heavy atom. The van der Waals surface area contributed by atoms with Crippen molar-refractivity contribution in [3.8, 4) is 11.6 Å². The summed E-state index contributed by atoms with van der Waals surface area (Å²) in [4.78, 5) is 20.4. The van der Waals surface area contributed by atoms with Gasteiger partial charge in [-0.05, 0) is 55.0 Å². The minimum Gasteiger partial charge on any atom is -0.439 e. The number of hydrogen-bond donors (Lipinski definition) is 0. The minimum absolute atomic E-state index is 0.0601. The van der Waals surface area contributed by atoms with E-state index in [0.717, 1.165) is 31.2 Å². The van der Waals surface area contributed by atoms with Crippen molar-refractivity contribution in [1.29, 1.82) is 0 Å². The average Bonchev–Trinajstić information content (AvgIpc) is 2.83. The molecule has 1 aliphatic carbocycles. The van der Waals surface area contributed by atoms with E-state index in [4.69, 9.17) is 4.74 Å². The van der Waals surface area contributed by atoms with Crippen LogP contribution in [-0.2, 0) is 12.8 Å². The largest absolute Gasteiger partial charge is 0.439 e. The smallest absolute Gasteiger partial charge is 0.254 e. The van der Waals surface area contributed by atoms with E-state index in [1.54, 1.807) is 32.4 Å². The topological polar surface area (TPSA) is 45.7 Å². The van der Waals surface area contributed by atoms with Crippen molar-refractivity contribution in [2.75, 3.05) is 27.2 Å². The van der Waals surface area contributed by atoms with Gasteiger partial charge in [0.05, 0.1) is 5.56 Å². The summed E-state index contributed by atoms with van der Waals surface area (Å²) in [6, 6.07) is 10.7. The molecule has 0 saturated heterocycles. The van der Waals surface area contributed by atoms with Crippen molar-refractivity contribution in [2.24, 2.45) is 0 Å². The van der Waals surface area contributed by atoms with Crippen molar-refractivity contribution < 1.29 is 9.53 Å². The molecule has 142 valence electrons. The van der Waals surface area contributed by atoms with Gasteiger partial charge >= 0.3 is 0 Å². The van der Waals surface area contributed by atoms with E-state index < -0.39 is 0 Å². The molecule has 2 heterocycles. The van der Waals surface area contributed by atoms with Crippen LogP contribution in [0.1, 0.15) is 40.7 Å². The molecule has 1 aromatic heterocycles. The highest BCUT2D eigenvalue weighted by Crippen LogP contribution is 2.29. The number of amides is 1. The molecule has 1 aromatic carbocycles. The van der Waals surface area contributed by atoms with Gasteiger partial charge in [-0.2, -0.15) is 0 Å². The molecule has 0 bridgehead atoms. The van der Waals surface area contributed by atoms with E-state index in [-0.39, 0.29) is 5.91 Å². The third kappa shape index (κ3) is 3.98. The summed E-state index contributed by atoms with van der Waals surface area (Å²) < 4.78 is 5.94. The second kappa shape index (κ2) is 7.69. The Hall–Kier alpha value is -2.40. The molecular formula is C22H27N3O2.